The summed E-state index contributed by atoms with van der Waals surface area (Å²) in [6.45, 7) is 2.46. The van der Waals surface area contributed by atoms with Crippen molar-refractivity contribution in [2.75, 3.05) is 6.61 Å². The number of benzene rings is 2. The Labute approximate surface area is 164 Å². The largest absolute Gasteiger partial charge is 0.494 e. The molecule has 0 saturated heterocycles. The van der Waals surface area contributed by atoms with E-state index in [1.54, 1.807) is 30.3 Å². The zero-order valence-corrected chi connectivity index (χ0v) is 16.0. The summed E-state index contributed by atoms with van der Waals surface area (Å²) in [6.07, 6.45) is 3.40. The first-order chi connectivity index (χ1) is 13.0. The predicted molar refractivity (Wildman–Crippen MR) is 105 cm³/mol. The Bertz CT molecular complexity index is 814. The van der Waals surface area contributed by atoms with Gasteiger partial charge in [0, 0.05) is 10.6 Å². The van der Waals surface area contributed by atoms with Crippen LogP contribution in [0.4, 0.5) is 0 Å². The van der Waals surface area contributed by atoms with E-state index in [1.807, 2.05) is 25.1 Å². The quantitative estimate of drug-likeness (QED) is 0.763. The number of hydrogen-bond donors (Lipinski definition) is 2. The Kier molecular flexibility index (Phi) is 6.01. The molecular formula is C21H23ClN2O3. The molecule has 0 spiro atoms. The Morgan fingerprint density at radius 3 is 2.41 bits per heavy atom. The Hall–Kier alpha value is -2.53. The molecule has 2 aromatic carbocycles. The molecule has 0 bridgehead atoms. The highest BCUT2D eigenvalue weighted by molar-refractivity contribution is 6.30. The lowest BCUT2D eigenvalue weighted by Crippen LogP contribution is -2.50. The van der Waals surface area contributed by atoms with Crippen LogP contribution in [0, 0.1) is 0 Å². The first-order valence-electron chi connectivity index (χ1n) is 9.15. The Morgan fingerprint density at radius 1 is 1.07 bits per heavy atom. The van der Waals surface area contributed by atoms with E-state index < -0.39 is 5.41 Å². The van der Waals surface area contributed by atoms with E-state index in [2.05, 4.69) is 10.9 Å². The van der Waals surface area contributed by atoms with E-state index in [-0.39, 0.29) is 11.8 Å². The third kappa shape index (κ3) is 4.25. The van der Waals surface area contributed by atoms with Crippen molar-refractivity contribution in [3.05, 3.63) is 64.7 Å². The van der Waals surface area contributed by atoms with Crippen LogP contribution in [0.5, 0.6) is 5.75 Å². The second kappa shape index (κ2) is 8.44. The average Bonchev–Trinajstić information content (AvgIpc) is 3.18. The highest BCUT2D eigenvalue weighted by atomic mass is 35.5. The topological polar surface area (TPSA) is 67.4 Å². The van der Waals surface area contributed by atoms with E-state index in [0.29, 0.717) is 22.9 Å². The van der Waals surface area contributed by atoms with Gasteiger partial charge in [-0.05, 0) is 61.7 Å². The van der Waals surface area contributed by atoms with E-state index in [9.17, 15) is 9.59 Å². The van der Waals surface area contributed by atoms with Crippen LogP contribution >= 0.6 is 11.6 Å². The van der Waals surface area contributed by atoms with Crippen LogP contribution in [0.1, 0.15) is 48.5 Å². The SMILES string of the molecule is CCOc1ccc(C(=O)NNC(=O)C2(c3cccc(Cl)c3)CCCC2)cc1. The maximum Gasteiger partial charge on any atom is 0.269 e. The van der Waals surface area contributed by atoms with Gasteiger partial charge in [0.15, 0.2) is 0 Å². The number of carbonyl (C=O) groups excluding carboxylic acids is 2. The van der Waals surface area contributed by atoms with Gasteiger partial charge in [-0.2, -0.15) is 0 Å². The second-order valence-electron chi connectivity index (χ2n) is 6.67. The molecule has 1 fully saturated rings. The minimum atomic E-state index is -0.656. The number of halogens is 1. The fourth-order valence-electron chi connectivity index (χ4n) is 3.59. The van der Waals surface area contributed by atoms with Crippen LogP contribution in [0.3, 0.4) is 0 Å². The third-order valence-electron chi connectivity index (χ3n) is 4.99. The van der Waals surface area contributed by atoms with Gasteiger partial charge in [-0.1, -0.05) is 36.6 Å². The fourth-order valence-corrected chi connectivity index (χ4v) is 3.78. The number of ether oxygens (including phenoxy) is 1. The predicted octanol–water partition coefficient (Wildman–Crippen LogP) is 4.01. The second-order valence-corrected chi connectivity index (χ2v) is 7.10. The molecule has 1 saturated carbocycles. The lowest BCUT2D eigenvalue weighted by atomic mass is 9.78. The third-order valence-corrected chi connectivity index (χ3v) is 5.22. The first-order valence-corrected chi connectivity index (χ1v) is 9.52. The molecule has 0 heterocycles. The zero-order chi connectivity index (χ0) is 19.3. The molecule has 2 N–H and O–H groups in total. The van der Waals surface area contributed by atoms with Crippen LogP contribution in [0.25, 0.3) is 0 Å². The molecule has 2 amide bonds. The van der Waals surface area contributed by atoms with Crippen molar-refractivity contribution in [2.45, 2.75) is 38.0 Å². The molecule has 27 heavy (non-hydrogen) atoms. The van der Waals surface area contributed by atoms with Gasteiger partial charge in [-0.25, -0.2) is 0 Å². The molecule has 1 aliphatic rings. The molecule has 0 radical (unpaired) electrons. The summed E-state index contributed by atoms with van der Waals surface area (Å²) in [6, 6.07) is 14.2. The number of hydrazine groups is 1. The highest BCUT2D eigenvalue weighted by Gasteiger charge is 2.43. The summed E-state index contributed by atoms with van der Waals surface area (Å²) in [5.74, 6) is 0.121. The summed E-state index contributed by atoms with van der Waals surface area (Å²) in [7, 11) is 0. The van der Waals surface area contributed by atoms with Crippen molar-refractivity contribution in [1.29, 1.82) is 0 Å². The molecule has 0 aromatic heterocycles. The van der Waals surface area contributed by atoms with Crippen LogP contribution < -0.4 is 15.6 Å². The van der Waals surface area contributed by atoms with E-state index in [1.165, 1.54) is 0 Å². The number of nitrogens with one attached hydrogen (secondary N) is 2. The maximum atomic E-state index is 13.0. The van der Waals surface area contributed by atoms with Crippen LogP contribution in [0.15, 0.2) is 48.5 Å². The van der Waals surface area contributed by atoms with Gasteiger partial charge in [0.2, 0.25) is 5.91 Å². The normalized spacial score (nSPS) is 15.2. The van der Waals surface area contributed by atoms with Crippen molar-refractivity contribution < 1.29 is 14.3 Å². The van der Waals surface area contributed by atoms with Crippen LogP contribution in [-0.2, 0) is 10.2 Å². The fraction of sp³-hybridized carbons (Fsp3) is 0.333. The lowest BCUT2D eigenvalue weighted by Gasteiger charge is -2.28. The molecule has 6 heteroatoms. The summed E-state index contributed by atoms with van der Waals surface area (Å²) < 4.78 is 5.37. The van der Waals surface area contributed by atoms with E-state index in [4.69, 9.17) is 16.3 Å². The molecule has 142 valence electrons. The zero-order valence-electron chi connectivity index (χ0n) is 15.3. The highest BCUT2D eigenvalue weighted by Crippen LogP contribution is 2.41. The Morgan fingerprint density at radius 2 is 1.78 bits per heavy atom. The minimum absolute atomic E-state index is 0.207. The standard InChI is InChI=1S/C21H23ClN2O3/c1-2-27-18-10-8-15(9-11-18)19(25)23-24-20(26)21(12-3-4-13-21)16-6-5-7-17(22)14-16/h5-11,14H,2-4,12-13H2,1H3,(H,23,25)(H,24,26). The molecule has 0 atom stereocenters. The molecular weight excluding hydrogens is 364 g/mol. The summed E-state index contributed by atoms with van der Waals surface area (Å²) in [5, 5.41) is 0.602. The number of amides is 2. The molecule has 0 unspecified atom stereocenters. The summed E-state index contributed by atoms with van der Waals surface area (Å²) >= 11 is 6.12. The summed E-state index contributed by atoms with van der Waals surface area (Å²) in [4.78, 5) is 25.3. The molecule has 3 rings (SSSR count). The Balaban J connectivity index is 1.68. The number of carbonyl (C=O) groups is 2. The molecule has 2 aromatic rings. The van der Waals surface area contributed by atoms with Gasteiger partial charge < -0.3 is 4.74 Å². The van der Waals surface area contributed by atoms with Gasteiger partial charge in [-0.15, -0.1) is 0 Å². The van der Waals surface area contributed by atoms with Gasteiger partial charge in [-0.3, -0.25) is 20.4 Å². The molecule has 0 aliphatic heterocycles. The molecule has 1 aliphatic carbocycles. The van der Waals surface area contributed by atoms with Crippen LogP contribution in [-0.4, -0.2) is 18.4 Å². The van der Waals surface area contributed by atoms with Gasteiger partial charge in [0.05, 0.1) is 12.0 Å². The minimum Gasteiger partial charge on any atom is -0.494 e. The van der Waals surface area contributed by atoms with Gasteiger partial charge >= 0.3 is 0 Å². The smallest absolute Gasteiger partial charge is 0.269 e. The van der Waals surface area contributed by atoms with E-state index in [0.717, 1.165) is 31.2 Å². The lowest BCUT2D eigenvalue weighted by molar-refractivity contribution is -0.127. The van der Waals surface area contributed by atoms with Gasteiger partial charge in [0.25, 0.3) is 5.91 Å². The van der Waals surface area contributed by atoms with Crippen molar-refractivity contribution in [3.63, 3.8) is 0 Å². The van der Waals surface area contributed by atoms with Gasteiger partial charge in [0.1, 0.15) is 5.75 Å². The van der Waals surface area contributed by atoms with Crippen molar-refractivity contribution in [2.24, 2.45) is 0 Å². The van der Waals surface area contributed by atoms with Crippen molar-refractivity contribution in [3.8, 4) is 5.75 Å². The number of hydrogen-bond acceptors (Lipinski definition) is 3. The van der Waals surface area contributed by atoms with E-state index >= 15 is 0 Å². The molecule has 5 nitrogen and oxygen atoms in total. The first kappa shape index (κ1) is 19.2. The monoisotopic (exact) mass is 386 g/mol. The van der Waals surface area contributed by atoms with Crippen molar-refractivity contribution >= 4 is 23.4 Å². The average molecular weight is 387 g/mol. The van der Waals surface area contributed by atoms with Crippen LogP contribution in [0.2, 0.25) is 5.02 Å². The summed E-state index contributed by atoms with van der Waals surface area (Å²) in [5.41, 5.74) is 5.81. The van der Waals surface area contributed by atoms with Crippen molar-refractivity contribution in [1.82, 2.24) is 10.9 Å². The number of rotatable bonds is 5. The maximum absolute atomic E-state index is 13.0.